The van der Waals surface area contributed by atoms with Crippen molar-refractivity contribution >= 4 is 11.6 Å². The molecule has 0 unspecified atom stereocenters. The Kier molecular flexibility index (Phi) is 5.45. The van der Waals surface area contributed by atoms with Crippen LogP contribution >= 0.6 is 0 Å². The topological polar surface area (TPSA) is 52.9 Å². The number of carbonyl (C=O) groups is 1. The highest BCUT2D eigenvalue weighted by atomic mass is 19.1. The van der Waals surface area contributed by atoms with Crippen LogP contribution in [0.5, 0.6) is 0 Å². The van der Waals surface area contributed by atoms with Gasteiger partial charge in [0.25, 0.3) is 0 Å². The largest absolute Gasteiger partial charge is 0.326 e. The van der Waals surface area contributed by atoms with Crippen molar-refractivity contribution in [1.29, 1.82) is 5.26 Å². The Morgan fingerprint density at radius 1 is 1.04 bits per heavy atom. The minimum absolute atomic E-state index is 0.00608. The molecule has 0 saturated heterocycles. The molecule has 0 bridgehead atoms. The van der Waals surface area contributed by atoms with E-state index in [1.165, 1.54) is 17.7 Å². The molecular weight excluding hydrogens is 315 g/mol. The molecule has 2 aromatic rings. The molecule has 0 atom stereocenters. The standard InChI is InChI=1S/C21H21FN2O/c22-19-9-11-20(12-10-19)24-21(25)13-15-1-5-17(6-2-15)18-7-3-16(14-23)4-8-18/h3-4,7-12,15,17H,1-2,5-6,13H2,(H,24,25). The van der Waals surface area contributed by atoms with Crippen LogP contribution < -0.4 is 5.32 Å². The zero-order chi connectivity index (χ0) is 17.6. The lowest BCUT2D eigenvalue weighted by Gasteiger charge is -2.28. The fourth-order valence-electron chi connectivity index (χ4n) is 3.54. The van der Waals surface area contributed by atoms with Gasteiger partial charge in [-0.05, 0) is 79.5 Å². The van der Waals surface area contributed by atoms with Crippen molar-refractivity contribution in [2.75, 3.05) is 5.32 Å². The second-order valence-electron chi connectivity index (χ2n) is 6.71. The molecule has 3 rings (SSSR count). The number of nitriles is 1. The number of halogens is 1. The molecule has 1 N–H and O–H groups in total. The van der Waals surface area contributed by atoms with Crippen LogP contribution in [-0.4, -0.2) is 5.91 Å². The van der Waals surface area contributed by atoms with Crippen LogP contribution in [0.1, 0.15) is 49.1 Å². The molecule has 25 heavy (non-hydrogen) atoms. The van der Waals surface area contributed by atoms with Gasteiger partial charge in [-0.25, -0.2) is 4.39 Å². The summed E-state index contributed by atoms with van der Waals surface area (Å²) >= 11 is 0. The molecule has 2 aromatic carbocycles. The van der Waals surface area contributed by atoms with Gasteiger partial charge in [0, 0.05) is 12.1 Å². The molecular formula is C21H21FN2O. The summed E-state index contributed by atoms with van der Waals surface area (Å²) in [5.74, 6) is 0.604. The molecule has 0 radical (unpaired) electrons. The van der Waals surface area contributed by atoms with Crippen molar-refractivity contribution in [1.82, 2.24) is 0 Å². The van der Waals surface area contributed by atoms with Crippen molar-refractivity contribution in [2.45, 2.75) is 38.0 Å². The lowest BCUT2D eigenvalue weighted by Crippen LogP contribution is -2.20. The number of hydrogen-bond donors (Lipinski definition) is 1. The van der Waals surface area contributed by atoms with Gasteiger partial charge in [-0.3, -0.25) is 4.79 Å². The molecule has 0 heterocycles. The van der Waals surface area contributed by atoms with E-state index in [2.05, 4.69) is 11.4 Å². The van der Waals surface area contributed by atoms with Gasteiger partial charge >= 0.3 is 0 Å². The van der Waals surface area contributed by atoms with Crippen LogP contribution in [0, 0.1) is 23.1 Å². The van der Waals surface area contributed by atoms with E-state index in [4.69, 9.17) is 5.26 Å². The number of carbonyl (C=O) groups excluding carboxylic acids is 1. The molecule has 1 saturated carbocycles. The van der Waals surface area contributed by atoms with E-state index in [1.54, 1.807) is 12.1 Å². The van der Waals surface area contributed by atoms with Crippen LogP contribution in [0.4, 0.5) is 10.1 Å². The summed E-state index contributed by atoms with van der Waals surface area (Å²) in [4.78, 5) is 12.2. The van der Waals surface area contributed by atoms with Gasteiger partial charge < -0.3 is 5.32 Å². The van der Waals surface area contributed by atoms with E-state index in [0.717, 1.165) is 25.7 Å². The number of rotatable bonds is 4. The zero-order valence-corrected chi connectivity index (χ0v) is 14.0. The minimum atomic E-state index is -0.306. The van der Waals surface area contributed by atoms with E-state index in [0.29, 0.717) is 29.5 Å². The average Bonchev–Trinajstić information content (AvgIpc) is 2.64. The predicted molar refractivity (Wildman–Crippen MR) is 95.5 cm³/mol. The molecule has 1 fully saturated rings. The zero-order valence-electron chi connectivity index (χ0n) is 14.0. The molecule has 1 aliphatic rings. The van der Waals surface area contributed by atoms with Crippen LogP contribution in [0.2, 0.25) is 0 Å². The quantitative estimate of drug-likeness (QED) is 0.854. The van der Waals surface area contributed by atoms with Gasteiger partial charge in [0.1, 0.15) is 5.82 Å². The van der Waals surface area contributed by atoms with Gasteiger partial charge in [-0.15, -0.1) is 0 Å². The average molecular weight is 336 g/mol. The highest BCUT2D eigenvalue weighted by Crippen LogP contribution is 2.37. The first-order valence-electron chi connectivity index (χ1n) is 8.69. The van der Waals surface area contributed by atoms with Crippen molar-refractivity contribution < 1.29 is 9.18 Å². The fraction of sp³-hybridized carbons (Fsp3) is 0.333. The van der Waals surface area contributed by atoms with E-state index >= 15 is 0 Å². The Hall–Kier alpha value is -2.67. The highest BCUT2D eigenvalue weighted by Gasteiger charge is 2.24. The Bertz CT molecular complexity index is 754. The van der Waals surface area contributed by atoms with Gasteiger partial charge in [0.15, 0.2) is 0 Å². The Balaban J connectivity index is 1.47. The van der Waals surface area contributed by atoms with Gasteiger partial charge in [-0.1, -0.05) is 12.1 Å². The maximum atomic E-state index is 12.9. The fourth-order valence-corrected chi connectivity index (χ4v) is 3.54. The molecule has 128 valence electrons. The first-order valence-corrected chi connectivity index (χ1v) is 8.69. The minimum Gasteiger partial charge on any atom is -0.326 e. The third-order valence-electron chi connectivity index (χ3n) is 4.96. The predicted octanol–water partition coefficient (Wildman–Crippen LogP) is 5.00. The summed E-state index contributed by atoms with van der Waals surface area (Å²) < 4.78 is 12.9. The molecule has 3 nitrogen and oxygen atoms in total. The van der Waals surface area contributed by atoms with Crippen molar-refractivity contribution in [2.24, 2.45) is 5.92 Å². The molecule has 1 amide bonds. The van der Waals surface area contributed by atoms with Crippen LogP contribution in [0.15, 0.2) is 48.5 Å². The summed E-state index contributed by atoms with van der Waals surface area (Å²) in [5.41, 5.74) is 2.61. The SMILES string of the molecule is N#Cc1ccc(C2CCC(CC(=O)Nc3ccc(F)cc3)CC2)cc1. The summed E-state index contributed by atoms with van der Waals surface area (Å²) in [6, 6.07) is 15.8. The summed E-state index contributed by atoms with van der Waals surface area (Å²) in [7, 11) is 0. The smallest absolute Gasteiger partial charge is 0.224 e. The number of hydrogen-bond acceptors (Lipinski definition) is 2. The number of nitrogens with one attached hydrogen (secondary N) is 1. The maximum Gasteiger partial charge on any atom is 0.224 e. The van der Waals surface area contributed by atoms with E-state index < -0.39 is 0 Å². The Labute approximate surface area is 147 Å². The Morgan fingerprint density at radius 2 is 1.68 bits per heavy atom. The molecule has 0 aromatic heterocycles. The molecule has 0 spiro atoms. The van der Waals surface area contributed by atoms with E-state index in [-0.39, 0.29) is 11.7 Å². The first-order chi connectivity index (χ1) is 12.1. The van der Waals surface area contributed by atoms with E-state index in [1.807, 2.05) is 24.3 Å². The lowest BCUT2D eigenvalue weighted by atomic mass is 9.77. The summed E-state index contributed by atoms with van der Waals surface area (Å²) in [6.45, 7) is 0. The second-order valence-corrected chi connectivity index (χ2v) is 6.71. The lowest BCUT2D eigenvalue weighted by molar-refractivity contribution is -0.117. The van der Waals surface area contributed by atoms with Gasteiger partial charge in [0.05, 0.1) is 11.6 Å². The number of benzene rings is 2. The number of anilines is 1. The first kappa shape index (κ1) is 17.2. The summed E-state index contributed by atoms with van der Waals surface area (Å²) in [5, 5.41) is 11.7. The third kappa shape index (κ3) is 4.67. The highest BCUT2D eigenvalue weighted by molar-refractivity contribution is 5.90. The summed E-state index contributed by atoms with van der Waals surface area (Å²) in [6.07, 6.45) is 4.71. The van der Waals surface area contributed by atoms with Crippen molar-refractivity contribution in [3.63, 3.8) is 0 Å². The number of nitrogens with zero attached hydrogens (tertiary/aromatic N) is 1. The number of amides is 1. The van der Waals surface area contributed by atoms with Crippen LogP contribution in [0.25, 0.3) is 0 Å². The molecule has 0 aliphatic heterocycles. The van der Waals surface area contributed by atoms with Crippen LogP contribution in [-0.2, 0) is 4.79 Å². The van der Waals surface area contributed by atoms with Crippen molar-refractivity contribution in [3.8, 4) is 6.07 Å². The van der Waals surface area contributed by atoms with Crippen LogP contribution in [0.3, 0.4) is 0 Å². The van der Waals surface area contributed by atoms with E-state index in [9.17, 15) is 9.18 Å². The molecule has 1 aliphatic carbocycles. The third-order valence-corrected chi connectivity index (χ3v) is 4.96. The monoisotopic (exact) mass is 336 g/mol. The second kappa shape index (κ2) is 7.94. The van der Waals surface area contributed by atoms with Gasteiger partial charge in [0.2, 0.25) is 5.91 Å². The van der Waals surface area contributed by atoms with Crippen molar-refractivity contribution in [3.05, 3.63) is 65.5 Å². The normalized spacial score (nSPS) is 19.8. The Morgan fingerprint density at radius 3 is 2.28 bits per heavy atom. The van der Waals surface area contributed by atoms with Gasteiger partial charge in [-0.2, -0.15) is 5.26 Å². The molecule has 4 heteroatoms. The maximum absolute atomic E-state index is 12.9.